The molecule has 19 heavy (non-hydrogen) atoms. The van der Waals surface area contributed by atoms with Gasteiger partial charge < -0.3 is 4.74 Å². The first kappa shape index (κ1) is 13.5. The average molecular weight is 274 g/mol. The second kappa shape index (κ2) is 5.80. The summed E-state index contributed by atoms with van der Waals surface area (Å²) in [5.74, 6) is 0.610. The molecular formula is C15H14O3S. The van der Waals surface area contributed by atoms with Crippen molar-refractivity contribution >= 4 is 17.1 Å². The third-order valence-corrected chi connectivity index (χ3v) is 3.65. The van der Waals surface area contributed by atoms with Crippen LogP contribution < -0.4 is 9.48 Å². The molecule has 0 unspecified atom stereocenters. The van der Waals surface area contributed by atoms with E-state index >= 15 is 0 Å². The number of hydrogen-bond donors (Lipinski definition) is 0. The molecule has 3 nitrogen and oxygen atoms in total. The second-order valence-corrected chi connectivity index (χ2v) is 5.03. The summed E-state index contributed by atoms with van der Waals surface area (Å²) in [5.41, 5.74) is 1.19. The van der Waals surface area contributed by atoms with E-state index in [2.05, 4.69) is 0 Å². The normalized spacial score (nSPS) is 10.2. The van der Waals surface area contributed by atoms with Crippen molar-refractivity contribution in [3.63, 3.8) is 0 Å². The SMILES string of the molecule is CCOc1ccc(-c2ccc(C(C)=O)c(=O)s2)cc1. The zero-order valence-corrected chi connectivity index (χ0v) is 11.6. The van der Waals surface area contributed by atoms with Crippen LogP contribution >= 0.6 is 11.3 Å². The van der Waals surface area contributed by atoms with Crippen molar-refractivity contribution in [3.8, 4) is 16.2 Å². The van der Waals surface area contributed by atoms with E-state index in [0.29, 0.717) is 6.61 Å². The van der Waals surface area contributed by atoms with E-state index in [1.54, 1.807) is 12.1 Å². The highest BCUT2D eigenvalue weighted by molar-refractivity contribution is 7.13. The molecule has 4 heteroatoms. The minimum atomic E-state index is -0.195. The van der Waals surface area contributed by atoms with E-state index in [9.17, 15) is 9.59 Å². The van der Waals surface area contributed by atoms with Gasteiger partial charge in [0.25, 0.3) is 0 Å². The molecule has 0 radical (unpaired) electrons. The lowest BCUT2D eigenvalue weighted by atomic mass is 10.1. The van der Waals surface area contributed by atoms with Crippen molar-refractivity contribution in [1.82, 2.24) is 0 Å². The molecule has 1 aromatic carbocycles. The van der Waals surface area contributed by atoms with Crippen LogP contribution in [0, 0.1) is 0 Å². The van der Waals surface area contributed by atoms with Crippen molar-refractivity contribution in [2.45, 2.75) is 13.8 Å². The summed E-state index contributed by atoms with van der Waals surface area (Å²) in [6.07, 6.45) is 0. The summed E-state index contributed by atoms with van der Waals surface area (Å²) < 4.78 is 5.17. The van der Waals surface area contributed by atoms with Crippen molar-refractivity contribution in [3.05, 3.63) is 51.5 Å². The summed E-state index contributed by atoms with van der Waals surface area (Å²) in [6, 6.07) is 10.9. The van der Waals surface area contributed by atoms with E-state index in [-0.39, 0.29) is 16.1 Å². The van der Waals surface area contributed by atoms with Gasteiger partial charge in [-0.05, 0) is 55.8 Å². The van der Waals surface area contributed by atoms with Crippen molar-refractivity contribution in [2.75, 3.05) is 6.61 Å². The van der Waals surface area contributed by atoms with Gasteiger partial charge in [0.2, 0.25) is 4.74 Å². The fourth-order valence-electron chi connectivity index (χ4n) is 1.71. The molecule has 98 valence electrons. The number of carbonyl (C=O) groups excluding carboxylic acids is 1. The number of benzene rings is 1. The predicted molar refractivity (Wildman–Crippen MR) is 77.2 cm³/mol. The van der Waals surface area contributed by atoms with Crippen molar-refractivity contribution < 1.29 is 9.53 Å². The second-order valence-electron chi connectivity index (χ2n) is 4.01. The number of rotatable bonds is 4. The van der Waals surface area contributed by atoms with Crippen LogP contribution in [0.25, 0.3) is 10.4 Å². The number of carbonyl (C=O) groups is 1. The molecule has 2 rings (SSSR count). The summed E-state index contributed by atoms with van der Waals surface area (Å²) in [4.78, 5) is 23.9. The van der Waals surface area contributed by atoms with Crippen LogP contribution in [0.3, 0.4) is 0 Å². The maximum absolute atomic E-state index is 11.8. The minimum absolute atomic E-state index is 0.195. The van der Waals surface area contributed by atoms with Gasteiger partial charge in [-0.15, -0.1) is 0 Å². The Bertz CT molecular complexity index is 641. The monoisotopic (exact) mass is 274 g/mol. The Morgan fingerprint density at radius 2 is 1.84 bits per heavy atom. The van der Waals surface area contributed by atoms with Crippen molar-refractivity contribution in [2.24, 2.45) is 0 Å². The number of ketones is 1. The lowest BCUT2D eigenvalue weighted by molar-refractivity contribution is 0.101. The maximum atomic E-state index is 11.8. The van der Waals surface area contributed by atoms with E-state index in [4.69, 9.17) is 4.74 Å². The Balaban J connectivity index is 2.34. The smallest absolute Gasteiger partial charge is 0.243 e. The van der Waals surface area contributed by atoms with E-state index in [1.165, 1.54) is 6.92 Å². The Hall–Kier alpha value is -1.94. The molecule has 0 bridgehead atoms. The van der Waals surface area contributed by atoms with Crippen LogP contribution in [0.1, 0.15) is 24.2 Å². The first-order valence-electron chi connectivity index (χ1n) is 6.00. The molecule has 0 saturated carbocycles. The molecule has 0 saturated heterocycles. The number of hydrogen-bond acceptors (Lipinski definition) is 4. The predicted octanol–water partition coefficient (Wildman–Crippen LogP) is 3.38. The third-order valence-electron chi connectivity index (χ3n) is 2.65. The molecule has 0 aliphatic carbocycles. The van der Waals surface area contributed by atoms with Gasteiger partial charge >= 0.3 is 0 Å². The number of ether oxygens (including phenoxy) is 1. The molecule has 0 aliphatic rings. The molecule has 0 aliphatic heterocycles. The Labute approximate surface area is 115 Å². The standard InChI is InChI=1S/C15H14O3S/c1-3-18-12-6-4-11(5-7-12)14-9-8-13(10(2)16)15(17)19-14/h4-9H,3H2,1-2H3. The molecule has 1 aromatic heterocycles. The highest BCUT2D eigenvalue weighted by Gasteiger charge is 2.07. The third kappa shape index (κ3) is 3.09. The Kier molecular flexibility index (Phi) is 4.12. The van der Waals surface area contributed by atoms with Crippen molar-refractivity contribution in [1.29, 1.82) is 0 Å². The topological polar surface area (TPSA) is 43.4 Å². The van der Waals surface area contributed by atoms with Gasteiger partial charge in [0.1, 0.15) is 5.75 Å². The molecule has 2 aromatic rings. The van der Waals surface area contributed by atoms with Gasteiger partial charge in [0.05, 0.1) is 12.2 Å². The van der Waals surface area contributed by atoms with Gasteiger partial charge in [-0.3, -0.25) is 9.59 Å². The summed E-state index contributed by atoms with van der Waals surface area (Å²) in [7, 11) is 0. The largest absolute Gasteiger partial charge is 0.494 e. The van der Waals surface area contributed by atoms with Crippen LogP contribution in [0.15, 0.2) is 41.2 Å². The zero-order chi connectivity index (χ0) is 13.8. The molecule has 0 N–H and O–H groups in total. The molecule has 0 spiro atoms. The van der Waals surface area contributed by atoms with Gasteiger partial charge in [-0.1, -0.05) is 11.3 Å². The zero-order valence-electron chi connectivity index (χ0n) is 10.8. The fraction of sp³-hybridized carbons (Fsp3) is 0.200. The van der Waals surface area contributed by atoms with E-state index in [0.717, 1.165) is 27.5 Å². The van der Waals surface area contributed by atoms with Gasteiger partial charge in [-0.2, -0.15) is 0 Å². The van der Waals surface area contributed by atoms with E-state index in [1.807, 2.05) is 31.2 Å². The number of Topliss-reactive ketones (excluding diaryl/α,β-unsaturated/α-hetero) is 1. The lowest BCUT2D eigenvalue weighted by Gasteiger charge is -2.05. The minimum Gasteiger partial charge on any atom is -0.494 e. The van der Waals surface area contributed by atoms with Gasteiger partial charge in [-0.25, -0.2) is 0 Å². The maximum Gasteiger partial charge on any atom is 0.243 e. The van der Waals surface area contributed by atoms with Crippen LogP contribution in [-0.4, -0.2) is 12.4 Å². The van der Waals surface area contributed by atoms with E-state index < -0.39 is 0 Å². The first-order valence-corrected chi connectivity index (χ1v) is 6.81. The van der Waals surface area contributed by atoms with Crippen LogP contribution in [-0.2, 0) is 0 Å². The average Bonchev–Trinajstić information content (AvgIpc) is 2.39. The van der Waals surface area contributed by atoms with Crippen LogP contribution in [0.4, 0.5) is 0 Å². The summed E-state index contributed by atoms with van der Waals surface area (Å²) in [6.45, 7) is 3.96. The Morgan fingerprint density at radius 3 is 2.37 bits per heavy atom. The van der Waals surface area contributed by atoms with Crippen LogP contribution in [0.2, 0.25) is 0 Å². The summed E-state index contributed by atoms with van der Waals surface area (Å²) in [5, 5.41) is 0. The summed E-state index contributed by atoms with van der Waals surface area (Å²) >= 11 is 1.09. The highest BCUT2D eigenvalue weighted by atomic mass is 32.1. The fourth-order valence-corrected chi connectivity index (χ4v) is 2.63. The molecule has 0 fully saturated rings. The highest BCUT2D eigenvalue weighted by Crippen LogP contribution is 2.24. The van der Waals surface area contributed by atoms with Gasteiger partial charge in [0, 0.05) is 4.88 Å². The molecule has 0 amide bonds. The van der Waals surface area contributed by atoms with Crippen LogP contribution in [0.5, 0.6) is 5.75 Å². The molecular weight excluding hydrogens is 260 g/mol. The first-order chi connectivity index (χ1) is 9.11. The Morgan fingerprint density at radius 1 is 1.16 bits per heavy atom. The quantitative estimate of drug-likeness (QED) is 0.803. The molecule has 1 heterocycles. The molecule has 0 atom stereocenters. The lowest BCUT2D eigenvalue weighted by Crippen LogP contribution is -2.08. The van der Waals surface area contributed by atoms with Gasteiger partial charge in [0.15, 0.2) is 5.78 Å².